The lowest BCUT2D eigenvalue weighted by atomic mass is 10.1. The molecule has 0 saturated carbocycles. The highest BCUT2D eigenvalue weighted by Crippen LogP contribution is 2.57. The number of ether oxygens (including phenoxy) is 2. The summed E-state index contributed by atoms with van der Waals surface area (Å²) in [5, 5.41) is 20.1. The van der Waals surface area contributed by atoms with Crippen LogP contribution in [0, 0.1) is 0 Å². The van der Waals surface area contributed by atoms with E-state index in [-0.39, 0.29) is 34.1 Å². The van der Waals surface area contributed by atoms with Gasteiger partial charge in [-0.1, -0.05) is 12.2 Å². The molecule has 7 N–H and O–H groups in total. The van der Waals surface area contributed by atoms with Gasteiger partial charge in [-0.05, 0) is 0 Å². The molecule has 4 aromatic rings. The number of halogens is 2. The van der Waals surface area contributed by atoms with E-state index in [1.165, 1.54) is 10.9 Å². The Morgan fingerprint density at radius 1 is 1.05 bits per heavy atom. The van der Waals surface area contributed by atoms with E-state index in [4.69, 9.17) is 30.0 Å². The second-order valence-corrected chi connectivity index (χ2v) is 12.3. The van der Waals surface area contributed by atoms with Gasteiger partial charge in [-0.25, -0.2) is 33.3 Å². The fraction of sp³-hybridized carbons (Fsp3) is 0.500. The van der Waals surface area contributed by atoms with Gasteiger partial charge in [0.2, 0.25) is 5.95 Å². The van der Waals surface area contributed by atoms with Gasteiger partial charge < -0.3 is 31.2 Å². The van der Waals surface area contributed by atoms with Crippen molar-refractivity contribution in [3.05, 3.63) is 29.3 Å². The number of aliphatic hydroxyl groups is 2. The zero-order valence-corrected chi connectivity index (χ0v) is 22.8. The van der Waals surface area contributed by atoms with Crippen LogP contribution in [-0.2, 0) is 23.1 Å². The van der Waals surface area contributed by atoms with Crippen LogP contribution in [0.15, 0.2) is 23.8 Å². The predicted molar refractivity (Wildman–Crippen MR) is 140 cm³/mol. The number of rotatable bonds is 8. The molecule has 22 heteroatoms. The molecule has 0 bridgehead atoms. The molecule has 6 rings (SSSR count). The number of hydrogen-bond donors (Lipinski definition) is 6. The molecule has 2 aliphatic heterocycles. The molecule has 2 saturated heterocycles. The average Bonchev–Trinajstić information content (AvgIpc) is 3.69. The van der Waals surface area contributed by atoms with Crippen molar-refractivity contribution in [3.8, 4) is 0 Å². The first kappa shape index (κ1) is 28.8. The Balaban J connectivity index is 1.19. The number of aromatic nitrogens is 8. The van der Waals surface area contributed by atoms with Crippen LogP contribution in [-0.4, -0.2) is 99.2 Å². The third kappa shape index (κ3) is 4.90. The molecule has 226 valence electrons. The molecule has 0 radical (unpaired) electrons. The van der Waals surface area contributed by atoms with E-state index in [0.717, 1.165) is 17.2 Å². The summed E-state index contributed by atoms with van der Waals surface area (Å²) in [7, 11) is 0. The number of aliphatic hydroxyl groups excluding tert-OH is 2. The summed E-state index contributed by atoms with van der Waals surface area (Å²) in [6.45, 7) is -5.95. The Kier molecular flexibility index (Phi) is 7.38. The number of aromatic amines is 1. The van der Waals surface area contributed by atoms with Crippen molar-refractivity contribution in [2.45, 2.75) is 49.2 Å². The van der Waals surface area contributed by atoms with Crippen LogP contribution in [0.3, 0.4) is 0 Å². The van der Waals surface area contributed by atoms with Gasteiger partial charge in [0.25, 0.3) is 5.56 Å². The van der Waals surface area contributed by atoms with Crippen LogP contribution >= 0.6 is 19.0 Å². The van der Waals surface area contributed by atoms with Gasteiger partial charge in [-0.3, -0.25) is 28.0 Å². The number of alkyl halides is 2. The van der Waals surface area contributed by atoms with Crippen molar-refractivity contribution < 1.29 is 42.1 Å². The topological polar surface area (TPSA) is 254 Å². The fourth-order valence-electron chi connectivity index (χ4n) is 4.78. The molecule has 6 heterocycles. The summed E-state index contributed by atoms with van der Waals surface area (Å²) < 4.78 is 67.7. The summed E-state index contributed by atoms with van der Waals surface area (Å²) in [4.78, 5) is 34.2. The number of thiol groups is 1. The van der Waals surface area contributed by atoms with Gasteiger partial charge >= 0.3 is 6.80 Å². The van der Waals surface area contributed by atoms with Gasteiger partial charge in [0.15, 0.2) is 47.4 Å². The SMILES string of the molecule is Nc1nc2c(ncn2[C@@H]2OC(CO)[C@H](F)[C@H]2O[P@](=O)(S)OC[C@H]2O[C@@H](n3cnc4c(N)ncnc43)[C@@H](F)[C@@H]2O)c(=O)[nH]1. The van der Waals surface area contributed by atoms with Gasteiger partial charge in [0.05, 0.1) is 25.9 Å². The summed E-state index contributed by atoms with van der Waals surface area (Å²) in [6.07, 6.45) is -9.70. The number of nitrogens with one attached hydrogen (secondary N) is 1. The van der Waals surface area contributed by atoms with E-state index in [0.29, 0.717) is 0 Å². The van der Waals surface area contributed by atoms with Gasteiger partial charge in [0.1, 0.15) is 36.3 Å². The van der Waals surface area contributed by atoms with Crippen molar-refractivity contribution in [2.24, 2.45) is 0 Å². The lowest BCUT2D eigenvalue weighted by molar-refractivity contribution is -0.0530. The van der Waals surface area contributed by atoms with E-state index in [1.807, 2.05) is 0 Å². The van der Waals surface area contributed by atoms with Crippen LogP contribution < -0.4 is 17.0 Å². The van der Waals surface area contributed by atoms with Crippen molar-refractivity contribution in [1.29, 1.82) is 0 Å². The maximum atomic E-state index is 15.3. The maximum Gasteiger partial charge on any atom is 0.386 e. The minimum absolute atomic E-state index is 0.0549. The molecule has 2 fully saturated rings. The molecular formula is C20H23F2N10O8PS. The number of nitrogens with two attached hydrogens (primary N) is 2. The molecule has 4 aromatic heterocycles. The number of nitrogens with zero attached hydrogens (tertiary/aromatic N) is 7. The van der Waals surface area contributed by atoms with E-state index in [9.17, 15) is 19.6 Å². The third-order valence-corrected chi connectivity index (χ3v) is 8.40. The minimum Gasteiger partial charge on any atom is -0.394 e. The van der Waals surface area contributed by atoms with E-state index in [2.05, 4.69) is 42.2 Å². The molecule has 1 unspecified atom stereocenters. The van der Waals surface area contributed by atoms with Crippen LogP contribution in [0.4, 0.5) is 20.5 Å². The standard InChI is InChI=1S/C20H23F2N10O8PS/c21-8-6(1-33)38-19(32-5-28-11-16(32)29-20(24)30-17(11)35)13(8)40-41(36,42)37-2-7-12(34)9(22)18(39-7)31-4-27-10-14(23)25-3-26-15(10)31/h3-9,12-13,18-19,33-34H,1-2H2,(H,36,42)(H2,23,25,26)(H3,24,29,30,35)/t6?,7-,8+,9+,12-,13-,18-,19-,41-/m1/s1. The zero-order valence-electron chi connectivity index (χ0n) is 21.0. The van der Waals surface area contributed by atoms with Crippen molar-refractivity contribution >= 4 is 53.1 Å². The highest BCUT2D eigenvalue weighted by atomic mass is 32.7. The molecule has 42 heavy (non-hydrogen) atoms. The first-order valence-corrected chi connectivity index (χ1v) is 14.9. The Morgan fingerprint density at radius 2 is 1.74 bits per heavy atom. The zero-order chi connectivity index (χ0) is 29.9. The number of H-pyrrole nitrogens is 1. The minimum atomic E-state index is -4.48. The number of fused-ring (bicyclic) bond motifs is 2. The first-order chi connectivity index (χ1) is 20.0. The first-order valence-electron chi connectivity index (χ1n) is 12.2. The highest BCUT2D eigenvalue weighted by Gasteiger charge is 2.51. The molecule has 2 aliphatic rings. The number of anilines is 2. The Bertz CT molecular complexity index is 1740. The molecular weight excluding hydrogens is 609 g/mol. The van der Waals surface area contributed by atoms with E-state index >= 15 is 8.78 Å². The molecule has 9 atom stereocenters. The summed E-state index contributed by atoms with van der Waals surface area (Å²) in [5.74, 6) is -0.207. The highest BCUT2D eigenvalue weighted by molar-refractivity contribution is 8.44. The molecule has 0 amide bonds. The third-order valence-electron chi connectivity index (χ3n) is 6.78. The van der Waals surface area contributed by atoms with E-state index < -0.39 is 74.8 Å². The Hall–Kier alpha value is -3.30. The van der Waals surface area contributed by atoms with E-state index in [1.54, 1.807) is 0 Å². The predicted octanol–water partition coefficient (Wildman–Crippen LogP) is -0.612. The van der Waals surface area contributed by atoms with Crippen LogP contribution in [0.1, 0.15) is 12.5 Å². The maximum absolute atomic E-state index is 15.3. The normalized spacial score (nSPS) is 31.3. The number of hydrogen-bond acceptors (Lipinski definition) is 15. The quantitative estimate of drug-likeness (QED) is 0.105. The summed E-state index contributed by atoms with van der Waals surface area (Å²) >= 11 is 3.91. The molecule has 0 spiro atoms. The van der Waals surface area contributed by atoms with Crippen molar-refractivity contribution in [3.63, 3.8) is 0 Å². The number of nitrogen functional groups attached to an aromatic ring is 2. The fourth-order valence-corrected chi connectivity index (χ4v) is 6.23. The van der Waals surface area contributed by atoms with Gasteiger partial charge in [-0.15, -0.1) is 0 Å². The average molecular weight is 633 g/mol. The van der Waals surface area contributed by atoms with Gasteiger partial charge in [0, 0.05) is 0 Å². The monoisotopic (exact) mass is 632 g/mol. The molecule has 0 aliphatic carbocycles. The smallest absolute Gasteiger partial charge is 0.386 e. The Labute approximate surface area is 237 Å². The molecule has 18 nitrogen and oxygen atoms in total. The largest absolute Gasteiger partial charge is 0.394 e. The molecule has 0 aromatic carbocycles. The van der Waals surface area contributed by atoms with Crippen molar-refractivity contribution in [1.82, 2.24) is 39.0 Å². The number of imidazole rings is 2. The summed E-state index contributed by atoms with van der Waals surface area (Å²) in [6, 6.07) is 0. The van der Waals surface area contributed by atoms with Crippen LogP contribution in [0.2, 0.25) is 0 Å². The second-order valence-electron chi connectivity index (χ2n) is 9.38. The summed E-state index contributed by atoms with van der Waals surface area (Å²) in [5.41, 5.74) is 10.8. The lowest BCUT2D eigenvalue weighted by Gasteiger charge is -2.25. The van der Waals surface area contributed by atoms with Crippen LogP contribution in [0.5, 0.6) is 0 Å². The van der Waals surface area contributed by atoms with Crippen LogP contribution in [0.25, 0.3) is 22.3 Å². The Morgan fingerprint density at radius 3 is 2.48 bits per heavy atom. The lowest BCUT2D eigenvalue weighted by Crippen LogP contribution is -2.33. The van der Waals surface area contributed by atoms with Gasteiger partial charge in [-0.2, -0.15) is 4.98 Å². The second kappa shape index (κ2) is 10.8. The van der Waals surface area contributed by atoms with Crippen molar-refractivity contribution in [2.75, 3.05) is 24.7 Å².